The maximum Gasteiger partial charge on any atom is 0.305 e. The standard InChI is InChI=1S/C20H17N3O7S/c24-19(21-22-20(25)17-6-3-9-28-17)14-4-1-2-5-15(14)23-31(26,27)13-7-8-16-18(12-13)30-11-10-29-16/h1-9,12,23H,10-11H2,(H,21,24)(H,22,25). The lowest BCUT2D eigenvalue weighted by molar-refractivity contribution is 0.0831. The summed E-state index contributed by atoms with van der Waals surface area (Å²) in [5, 5.41) is 0. The molecule has 0 unspecified atom stereocenters. The van der Waals surface area contributed by atoms with Crippen LogP contribution in [0.25, 0.3) is 0 Å². The Kier molecular flexibility index (Phi) is 5.50. The zero-order valence-corrected chi connectivity index (χ0v) is 16.8. The van der Waals surface area contributed by atoms with Gasteiger partial charge in [-0.3, -0.25) is 25.2 Å². The van der Waals surface area contributed by atoms with E-state index in [1.807, 2.05) is 0 Å². The second kappa shape index (κ2) is 8.40. The number of hydrazine groups is 1. The number of carbonyl (C=O) groups excluding carboxylic acids is 2. The number of sulfonamides is 1. The van der Waals surface area contributed by atoms with E-state index < -0.39 is 21.8 Å². The molecule has 1 aliphatic rings. The van der Waals surface area contributed by atoms with Gasteiger partial charge in [0.25, 0.3) is 15.9 Å². The van der Waals surface area contributed by atoms with Gasteiger partial charge in [0.2, 0.25) is 0 Å². The number of furan rings is 1. The van der Waals surface area contributed by atoms with E-state index in [1.54, 1.807) is 12.1 Å². The number of amides is 2. The molecule has 0 radical (unpaired) electrons. The first kappa shape index (κ1) is 20.3. The van der Waals surface area contributed by atoms with Crippen molar-refractivity contribution in [3.63, 3.8) is 0 Å². The van der Waals surface area contributed by atoms with E-state index in [-0.39, 0.29) is 21.9 Å². The van der Waals surface area contributed by atoms with Gasteiger partial charge in [0, 0.05) is 6.07 Å². The van der Waals surface area contributed by atoms with Crippen LogP contribution >= 0.6 is 0 Å². The number of anilines is 1. The van der Waals surface area contributed by atoms with Crippen molar-refractivity contribution in [2.45, 2.75) is 4.90 Å². The fourth-order valence-electron chi connectivity index (χ4n) is 2.81. The highest BCUT2D eigenvalue weighted by molar-refractivity contribution is 7.92. The summed E-state index contributed by atoms with van der Waals surface area (Å²) in [6.07, 6.45) is 1.32. The van der Waals surface area contributed by atoms with Crippen LogP contribution in [0.4, 0.5) is 5.69 Å². The Bertz CT molecular complexity index is 1220. The smallest absolute Gasteiger partial charge is 0.305 e. The van der Waals surface area contributed by atoms with Crippen molar-refractivity contribution < 1.29 is 31.9 Å². The van der Waals surface area contributed by atoms with Gasteiger partial charge >= 0.3 is 5.91 Å². The second-order valence-corrected chi connectivity index (χ2v) is 8.02. The summed E-state index contributed by atoms with van der Waals surface area (Å²) in [6, 6.07) is 13.2. The van der Waals surface area contributed by atoms with E-state index >= 15 is 0 Å². The van der Waals surface area contributed by atoms with E-state index in [9.17, 15) is 18.0 Å². The van der Waals surface area contributed by atoms with Crippen molar-refractivity contribution in [2.75, 3.05) is 17.9 Å². The van der Waals surface area contributed by atoms with Gasteiger partial charge in [0.15, 0.2) is 17.3 Å². The predicted molar refractivity (Wildman–Crippen MR) is 108 cm³/mol. The molecule has 10 nitrogen and oxygen atoms in total. The molecule has 0 saturated heterocycles. The van der Waals surface area contributed by atoms with Crippen molar-refractivity contribution in [1.82, 2.24) is 10.9 Å². The monoisotopic (exact) mass is 443 g/mol. The first-order valence-electron chi connectivity index (χ1n) is 9.10. The molecule has 0 aliphatic carbocycles. The van der Waals surface area contributed by atoms with Crippen LogP contribution in [0.2, 0.25) is 0 Å². The number of para-hydroxylation sites is 1. The van der Waals surface area contributed by atoms with E-state index in [1.165, 1.54) is 48.7 Å². The fourth-order valence-corrected chi connectivity index (χ4v) is 3.91. The maximum atomic E-state index is 12.9. The van der Waals surface area contributed by atoms with Crippen LogP contribution in [0.3, 0.4) is 0 Å². The molecular formula is C20H17N3O7S. The topological polar surface area (TPSA) is 136 Å². The maximum absolute atomic E-state index is 12.9. The van der Waals surface area contributed by atoms with Gasteiger partial charge in [-0.15, -0.1) is 0 Å². The van der Waals surface area contributed by atoms with Gasteiger partial charge in [-0.2, -0.15) is 0 Å². The molecule has 1 aliphatic heterocycles. The fraction of sp³-hybridized carbons (Fsp3) is 0.100. The van der Waals surface area contributed by atoms with Crippen LogP contribution < -0.4 is 25.0 Å². The summed E-state index contributed by atoms with van der Waals surface area (Å²) < 4.78 is 43.9. The van der Waals surface area contributed by atoms with Crippen molar-refractivity contribution in [3.05, 3.63) is 72.2 Å². The first-order chi connectivity index (χ1) is 14.9. The number of nitrogens with one attached hydrogen (secondary N) is 3. The Balaban J connectivity index is 1.51. The third-order valence-electron chi connectivity index (χ3n) is 4.27. The minimum absolute atomic E-state index is 0.00311. The Morgan fingerprint density at radius 3 is 2.35 bits per heavy atom. The molecule has 0 fully saturated rings. The number of hydrogen-bond donors (Lipinski definition) is 3. The summed E-state index contributed by atoms with van der Waals surface area (Å²) in [5.41, 5.74) is 4.46. The average molecular weight is 443 g/mol. The molecule has 0 atom stereocenters. The van der Waals surface area contributed by atoms with E-state index in [4.69, 9.17) is 13.9 Å². The van der Waals surface area contributed by atoms with Gasteiger partial charge in [0.05, 0.1) is 22.4 Å². The number of hydrogen-bond acceptors (Lipinski definition) is 7. The SMILES string of the molecule is O=C(NNC(=O)c1ccccc1NS(=O)(=O)c1ccc2c(c1)OCCO2)c1ccco1. The normalized spacial score (nSPS) is 12.6. The van der Waals surface area contributed by atoms with Crippen LogP contribution in [-0.2, 0) is 10.0 Å². The number of carbonyl (C=O) groups is 2. The van der Waals surface area contributed by atoms with Gasteiger partial charge in [-0.05, 0) is 36.4 Å². The lowest BCUT2D eigenvalue weighted by Gasteiger charge is -2.19. The van der Waals surface area contributed by atoms with Crippen molar-refractivity contribution in [2.24, 2.45) is 0 Å². The van der Waals surface area contributed by atoms with E-state index in [2.05, 4.69) is 15.6 Å². The highest BCUT2D eigenvalue weighted by Gasteiger charge is 2.22. The summed E-state index contributed by atoms with van der Waals surface area (Å²) >= 11 is 0. The second-order valence-electron chi connectivity index (χ2n) is 6.34. The minimum atomic E-state index is -4.04. The third kappa shape index (κ3) is 4.46. The molecule has 4 rings (SSSR count). The zero-order valence-electron chi connectivity index (χ0n) is 16.0. The molecule has 1 aromatic heterocycles. The largest absolute Gasteiger partial charge is 0.486 e. The number of fused-ring (bicyclic) bond motifs is 1. The molecule has 0 spiro atoms. The van der Waals surface area contributed by atoms with Gasteiger partial charge < -0.3 is 13.9 Å². The van der Waals surface area contributed by atoms with Gasteiger partial charge in [-0.1, -0.05) is 12.1 Å². The summed E-state index contributed by atoms with van der Waals surface area (Å²) in [4.78, 5) is 24.4. The molecule has 0 bridgehead atoms. The van der Waals surface area contributed by atoms with Gasteiger partial charge in [0.1, 0.15) is 13.2 Å². The van der Waals surface area contributed by atoms with Crippen molar-refractivity contribution in [3.8, 4) is 11.5 Å². The lowest BCUT2D eigenvalue weighted by Crippen LogP contribution is -2.41. The van der Waals surface area contributed by atoms with E-state index in [0.29, 0.717) is 24.7 Å². The molecule has 0 saturated carbocycles. The quantitative estimate of drug-likeness (QED) is 0.513. The Morgan fingerprint density at radius 1 is 0.839 bits per heavy atom. The molecule has 160 valence electrons. The minimum Gasteiger partial charge on any atom is -0.486 e. The molecule has 2 heterocycles. The summed E-state index contributed by atoms with van der Waals surface area (Å²) in [5.74, 6) is -0.598. The third-order valence-corrected chi connectivity index (χ3v) is 5.64. The number of benzene rings is 2. The molecule has 31 heavy (non-hydrogen) atoms. The molecule has 3 N–H and O–H groups in total. The first-order valence-corrected chi connectivity index (χ1v) is 10.6. The van der Waals surface area contributed by atoms with Crippen LogP contribution in [0.1, 0.15) is 20.9 Å². The number of ether oxygens (including phenoxy) is 2. The molecule has 2 aromatic carbocycles. The Labute approximate surface area is 177 Å². The van der Waals surface area contributed by atoms with Crippen molar-refractivity contribution >= 4 is 27.5 Å². The number of rotatable bonds is 5. The summed E-state index contributed by atoms with van der Waals surface area (Å²) in [6.45, 7) is 0.701. The van der Waals surface area contributed by atoms with Crippen molar-refractivity contribution in [1.29, 1.82) is 0 Å². The highest BCUT2D eigenvalue weighted by atomic mass is 32.2. The molecule has 3 aromatic rings. The molecular weight excluding hydrogens is 426 g/mol. The zero-order chi connectivity index (χ0) is 21.8. The van der Waals surface area contributed by atoms with Crippen LogP contribution in [0.15, 0.2) is 70.2 Å². The van der Waals surface area contributed by atoms with E-state index in [0.717, 1.165) is 0 Å². The van der Waals surface area contributed by atoms with Crippen LogP contribution in [0, 0.1) is 0 Å². The average Bonchev–Trinajstić information content (AvgIpc) is 3.32. The molecule has 2 amide bonds. The van der Waals surface area contributed by atoms with Crippen LogP contribution in [0.5, 0.6) is 11.5 Å². The molecule has 11 heteroatoms. The van der Waals surface area contributed by atoms with Gasteiger partial charge in [-0.25, -0.2) is 8.42 Å². The van der Waals surface area contributed by atoms with Crippen LogP contribution in [-0.4, -0.2) is 33.4 Å². The highest BCUT2D eigenvalue weighted by Crippen LogP contribution is 2.33. The summed E-state index contributed by atoms with van der Waals surface area (Å²) in [7, 11) is -4.04. The lowest BCUT2D eigenvalue weighted by atomic mass is 10.2. The Morgan fingerprint density at radius 2 is 1.58 bits per heavy atom. The predicted octanol–water partition coefficient (Wildman–Crippen LogP) is 1.93. The Hall–Kier alpha value is -3.99.